The van der Waals surface area contributed by atoms with Crippen molar-refractivity contribution < 1.29 is 22.8 Å². The highest BCUT2D eigenvalue weighted by molar-refractivity contribution is 7.14. The smallest absolute Gasteiger partial charge is 0.348 e. The lowest BCUT2D eigenvalue weighted by atomic mass is 10.1. The number of hydrogen-bond acceptors (Lipinski definition) is 4. The molecule has 0 atom stereocenters. The summed E-state index contributed by atoms with van der Waals surface area (Å²) in [6, 6.07) is 13.7. The molecule has 160 valence electrons. The number of para-hydroxylation sites is 1. The summed E-state index contributed by atoms with van der Waals surface area (Å²) in [5, 5.41) is 4.80. The molecule has 9 heteroatoms. The summed E-state index contributed by atoms with van der Waals surface area (Å²) in [4.78, 5) is 29.9. The van der Waals surface area contributed by atoms with Crippen LogP contribution in [0.5, 0.6) is 0 Å². The van der Waals surface area contributed by atoms with Crippen LogP contribution in [0.3, 0.4) is 0 Å². The minimum absolute atomic E-state index is 0.0930. The maximum absolute atomic E-state index is 12.6. The van der Waals surface area contributed by atoms with Gasteiger partial charge < -0.3 is 5.32 Å². The van der Waals surface area contributed by atoms with Gasteiger partial charge in [-0.1, -0.05) is 30.3 Å². The van der Waals surface area contributed by atoms with Crippen LogP contribution in [0.2, 0.25) is 0 Å². The highest BCUT2D eigenvalue weighted by atomic mass is 32.1. The Balaban J connectivity index is 1.60. The highest BCUT2D eigenvalue weighted by Gasteiger charge is 2.29. The van der Waals surface area contributed by atoms with E-state index in [1.165, 1.54) is 47.4 Å². The molecule has 0 fully saturated rings. The molecule has 3 aromatic rings. The normalized spacial score (nSPS) is 11.5. The molecule has 5 nitrogen and oxygen atoms in total. The zero-order chi connectivity index (χ0) is 22.4. The molecule has 0 aliphatic heterocycles. The molecule has 1 aromatic heterocycles. The number of nitrogens with one attached hydrogen (secondary N) is 1. The number of thiazole rings is 1. The SMILES string of the molecule is CC(=O)N(c1ccccc1)c1nc(/C=C/C(=O)NCc2ccc(C(F)(F)F)cc2)cs1. The largest absolute Gasteiger partial charge is 0.416 e. The van der Waals surface area contributed by atoms with Crippen LogP contribution < -0.4 is 10.2 Å². The van der Waals surface area contributed by atoms with Crippen LogP contribution >= 0.6 is 11.3 Å². The number of halogens is 3. The van der Waals surface area contributed by atoms with Crippen molar-refractivity contribution in [1.82, 2.24) is 10.3 Å². The molecular weight excluding hydrogens is 427 g/mol. The Labute approximate surface area is 180 Å². The van der Waals surface area contributed by atoms with Gasteiger partial charge in [-0.3, -0.25) is 14.5 Å². The van der Waals surface area contributed by atoms with E-state index in [0.717, 1.165) is 12.1 Å². The van der Waals surface area contributed by atoms with Gasteiger partial charge in [-0.25, -0.2) is 4.98 Å². The molecule has 2 amide bonds. The van der Waals surface area contributed by atoms with Crippen molar-refractivity contribution in [3.05, 3.63) is 82.9 Å². The van der Waals surface area contributed by atoms with Crippen molar-refractivity contribution >= 4 is 40.0 Å². The lowest BCUT2D eigenvalue weighted by Gasteiger charge is -2.17. The van der Waals surface area contributed by atoms with Gasteiger partial charge in [0.1, 0.15) is 0 Å². The zero-order valence-electron chi connectivity index (χ0n) is 16.4. The van der Waals surface area contributed by atoms with Gasteiger partial charge in [-0.15, -0.1) is 11.3 Å². The van der Waals surface area contributed by atoms with E-state index in [1.807, 2.05) is 18.2 Å². The maximum atomic E-state index is 12.6. The number of alkyl halides is 3. The molecule has 1 heterocycles. The van der Waals surface area contributed by atoms with E-state index in [1.54, 1.807) is 17.5 Å². The van der Waals surface area contributed by atoms with Gasteiger partial charge in [0.2, 0.25) is 11.8 Å². The first-order chi connectivity index (χ1) is 14.7. The number of hydrogen-bond donors (Lipinski definition) is 1. The standard InChI is InChI=1S/C22H18F3N3O2S/c1-15(29)28(19-5-3-2-4-6-19)21-27-18(14-31-21)11-12-20(30)26-13-16-7-9-17(10-8-16)22(23,24)25/h2-12,14H,13H2,1H3,(H,26,30)/b12-11+. The third-order valence-corrected chi connectivity index (χ3v) is 5.03. The Morgan fingerprint density at radius 2 is 1.77 bits per heavy atom. The monoisotopic (exact) mass is 445 g/mol. The topological polar surface area (TPSA) is 62.3 Å². The Bertz CT molecular complexity index is 1080. The summed E-state index contributed by atoms with van der Waals surface area (Å²) < 4.78 is 37.7. The summed E-state index contributed by atoms with van der Waals surface area (Å²) >= 11 is 1.27. The maximum Gasteiger partial charge on any atom is 0.416 e. The van der Waals surface area contributed by atoms with Crippen molar-refractivity contribution in [2.75, 3.05) is 4.90 Å². The van der Waals surface area contributed by atoms with Crippen LogP contribution in [0.15, 0.2) is 66.1 Å². The first-order valence-electron chi connectivity index (χ1n) is 9.17. The van der Waals surface area contributed by atoms with E-state index in [0.29, 0.717) is 22.1 Å². The highest BCUT2D eigenvalue weighted by Crippen LogP contribution is 2.30. The van der Waals surface area contributed by atoms with Crippen molar-refractivity contribution in [2.24, 2.45) is 0 Å². The number of nitrogens with zero attached hydrogens (tertiary/aromatic N) is 2. The fraction of sp³-hybridized carbons (Fsp3) is 0.136. The Kier molecular flexibility index (Phi) is 6.86. The lowest BCUT2D eigenvalue weighted by Crippen LogP contribution is -2.22. The second-order valence-electron chi connectivity index (χ2n) is 6.49. The van der Waals surface area contributed by atoms with Gasteiger partial charge >= 0.3 is 6.18 Å². The summed E-state index contributed by atoms with van der Waals surface area (Å²) in [7, 11) is 0. The van der Waals surface area contributed by atoms with Crippen molar-refractivity contribution in [3.63, 3.8) is 0 Å². The van der Waals surface area contributed by atoms with Gasteiger partial charge in [0, 0.05) is 24.9 Å². The number of benzene rings is 2. The molecule has 0 unspecified atom stereocenters. The average Bonchev–Trinajstić information content (AvgIpc) is 3.19. The molecule has 0 aliphatic rings. The number of amides is 2. The van der Waals surface area contributed by atoms with Gasteiger partial charge in [0.15, 0.2) is 5.13 Å². The molecule has 1 N–H and O–H groups in total. The van der Waals surface area contributed by atoms with Gasteiger partial charge in [-0.2, -0.15) is 13.2 Å². The van der Waals surface area contributed by atoms with Crippen molar-refractivity contribution in [1.29, 1.82) is 0 Å². The predicted molar refractivity (Wildman–Crippen MR) is 114 cm³/mol. The minimum Gasteiger partial charge on any atom is -0.348 e. The number of anilines is 2. The van der Waals surface area contributed by atoms with Crippen LogP contribution in [0, 0.1) is 0 Å². The van der Waals surface area contributed by atoms with Crippen LogP contribution in [-0.4, -0.2) is 16.8 Å². The van der Waals surface area contributed by atoms with E-state index < -0.39 is 17.6 Å². The summed E-state index contributed by atoms with van der Waals surface area (Å²) in [6.45, 7) is 1.54. The van der Waals surface area contributed by atoms with Crippen LogP contribution in [0.25, 0.3) is 6.08 Å². The van der Waals surface area contributed by atoms with E-state index in [4.69, 9.17) is 0 Å². The molecule has 0 saturated heterocycles. The molecule has 0 saturated carbocycles. The van der Waals surface area contributed by atoms with Gasteiger partial charge in [0.05, 0.1) is 16.9 Å². The summed E-state index contributed by atoms with van der Waals surface area (Å²) in [5.74, 6) is -0.605. The van der Waals surface area contributed by atoms with E-state index in [2.05, 4.69) is 10.3 Å². The third-order valence-electron chi connectivity index (χ3n) is 4.18. The molecule has 0 radical (unpaired) electrons. The van der Waals surface area contributed by atoms with E-state index in [9.17, 15) is 22.8 Å². The van der Waals surface area contributed by atoms with E-state index >= 15 is 0 Å². The average molecular weight is 445 g/mol. The Hall–Kier alpha value is -3.46. The fourth-order valence-electron chi connectivity index (χ4n) is 2.68. The molecule has 0 spiro atoms. The van der Waals surface area contributed by atoms with Crippen LogP contribution in [-0.2, 0) is 22.3 Å². The van der Waals surface area contributed by atoms with Crippen molar-refractivity contribution in [2.45, 2.75) is 19.6 Å². The Morgan fingerprint density at radius 3 is 2.39 bits per heavy atom. The number of aromatic nitrogens is 1. The molecule has 0 aliphatic carbocycles. The number of carbonyl (C=O) groups is 2. The second-order valence-corrected chi connectivity index (χ2v) is 7.33. The zero-order valence-corrected chi connectivity index (χ0v) is 17.2. The van der Waals surface area contributed by atoms with E-state index in [-0.39, 0.29) is 12.5 Å². The molecule has 31 heavy (non-hydrogen) atoms. The molecule has 2 aromatic carbocycles. The molecule has 3 rings (SSSR count). The van der Waals surface area contributed by atoms with Gasteiger partial charge in [0.25, 0.3) is 0 Å². The molecular formula is C22H18F3N3O2S. The second kappa shape index (κ2) is 9.57. The van der Waals surface area contributed by atoms with Gasteiger partial charge in [-0.05, 0) is 35.9 Å². The summed E-state index contributed by atoms with van der Waals surface area (Å²) in [5.41, 5.74) is 1.00. The minimum atomic E-state index is -4.39. The quantitative estimate of drug-likeness (QED) is 0.532. The lowest BCUT2D eigenvalue weighted by molar-refractivity contribution is -0.137. The van der Waals surface area contributed by atoms with Crippen molar-refractivity contribution in [3.8, 4) is 0 Å². The first-order valence-corrected chi connectivity index (χ1v) is 10.1. The number of rotatable bonds is 6. The predicted octanol–water partition coefficient (Wildman–Crippen LogP) is 5.18. The fourth-order valence-corrected chi connectivity index (χ4v) is 3.54. The van der Waals surface area contributed by atoms with Crippen LogP contribution in [0.4, 0.5) is 24.0 Å². The van der Waals surface area contributed by atoms with Crippen LogP contribution in [0.1, 0.15) is 23.7 Å². The molecule has 0 bridgehead atoms. The number of carbonyl (C=O) groups excluding carboxylic acids is 2. The summed E-state index contributed by atoms with van der Waals surface area (Å²) in [6.07, 6.45) is -1.61. The first kappa shape index (κ1) is 22.2. The third kappa shape index (κ3) is 6.02. The Morgan fingerprint density at radius 1 is 1.10 bits per heavy atom.